The number of hydrogen-bond donors (Lipinski definition) is 1. The molecule has 0 saturated carbocycles. The molecule has 0 fully saturated rings. The van der Waals surface area contributed by atoms with Gasteiger partial charge in [-0.1, -0.05) is 24.3 Å². The van der Waals surface area contributed by atoms with Crippen molar-refractivity contribution < 1.29 is 28.8 Å². The van der Waals surface area contributed by atoms with E-state index in [0.29, 0.717) is 36.9 Å². The Kier molecular flexibility index (Phi) is 7.68. The molecule has 0 spiro atoms. The minimum atomic E-state index is -1.15. The van der Waals surface area contributed by atoms with Crippen molar-refractivity contribution >= 4 is 0 Å². The summed E-state index contributed by atoms with van der Waals surface area (Å²) in [5, 5.41) is 11.2. The van der Waals surface area contributed by atoms with Crippen LogP contribution in [0.15, 0.2) is 60.7 Å². The molecule has 0 radical (unpaired) electrons. The molecule has 4 rings (SSSR count). The van der Waals surface area contributed by atoms with Gasteiger partial charge in [-0.3, -0.25) is 4.90 Å². The van der Waals surface area contributed by atoms with Crippen molar-refractivity contribution in [1.82, 2.24) is 4.90 Å². The Morgan fingerprint density at radius 1 is 0.943 bits per heavy atom. The second-order valence-electron chi connectivity index (χ2n) is 8.79. The fourth-order valence-corrected chi connectivity index (χ4v) is 4.23. The van der Waals surface area contributed by atoms with Crippen molar-refractivity contribution in [1.29, 1.82) is 0 Å². The molecule has 7 heteroatoms. The smallest absolute Gasteiger partial charge is 0.203 e. The van der Waals surface area contributed by atoms with Crippen molar-refractivity contribution in [3.63, 3.8) is 0 Å². The zero-order valence-corrected chi connectivity index (χ0v) is 20.7. The molecule has 1 atom stereocenters. The van der Waals surface area contributed by atoms with Gasteiger partial charge in [-0.2, -0.15) is 0 Å². The third-order valence-corrected chi connectivity index (χ3v) is 6.14. The van der Waals surface area contributed by atoms with Crippen LogP contribution in [0.2, 0.25) is 0 Å². The Balaban J connectivity index is 1.52. The van der Waals surface area contributed by atoms with Gasteiger partial charge in [0.1, 0.15) is 30.3 Å². The molecule has 1 aliphatic rings. The Bertz CT molecular complexity index is 1110. The highest BCUT2D eigenvalue weighted by molar-refractivity contribution is 5.54. The number of rotatable bonds is 9. The van der Waals surface area contributed by atoms with Gasteiger partial charge in [-0.05, 0) is 54.4 Å². The molecule has 0 unspecified atom stereocenters. The van der Waals surface area contributed by atoms with Crippen LogP contribution in [0.25, 0.3) is 0 Å². The number of nitrogens with zero attached hydrogens (tertiary/aromatic N) is 1. The van der Waals surface area contributed by atoms with E-state index < -0.39 is 5.60 Å². The maximum Gasteiger partial charge on any atom is 0.203 e. The van der Waals surface area contributed by atoms with Crippen molar-refractivity contribution in [3.05, 3.63) is 77.4 Å². The van der Waals surface area contributed by atoms with Gasteiger partial charge in [0, 0.05) is 25.2 Å². The topological polar surface area (TPSA) is 69.6 Å². The molecule has 0 bridgehead atoms. The Labute approximate surface area is 206 Å². The van der Waals surface area contributed by atoms with Crippen LogP contribution in [-0.4, -0.2) is 51.1 Å². The summed E-state index contributed by atoms with van der Waals surface area (Å²) >= 11 is 0. The van der Waals surface area contributed by atoms with Crippen LogP contribution in [0, 0.1) is 0 Å². The number of ether oxygens (including phenoxy) is 5. The summed E-state index contributed by atoms with van der Waals surface area (Å²) in [4.78, 5) is 2.30. The van der Waals surface area contributed by atoms with Gasteiger partial charge in [-0.15, -0.1) is 0 Å². The van der Waals surface area contributed by atoms with Crippen LogP contribution in [0.4, 0.5) is 0 Å². The average molecular weight is 480 g/mol. The van der Waals surface area contributed by atoms with Crippen molar-refractivity contribution in [2.24, 2.45) is 0 Å². The Morgan fingerprint density at radius 3 is 2.31 bits per heavy atom. The first-order chi connectivity index (χ1) is 16.9. The Hall–Kier alpha value is -3.42. The highest BCUT2D eigenvalue weighted by Crippen LogP contribution is 2.39. The first-order valence-electron chi connectivity index (χ1n) is 11.6. The summed E-state index contributed by atoms with van der Waals surface area (Å²) < 4.78 is 28.3. The lowest BCUT2D eigenvalue weighted by molar-refractivity contribution is 0.00748. The monoisotopic (exact) mass is 479 g/mol. The van der Waals surface area contributed by atoms with E-state index in [1.807, 2.05) is 60.7 Å². The van der Waals surface area contributed by atoms with Crippen LogP contribution >= 0.6 is 0 Å². The largest absolute Gasteiger partial charge is 0.493 e. The van der Waals surface area contributed by atoms with Crippen LogP contribution in [0.1, 0.15) is 23.6 Å². The van der Waals surface area contributed by atoms with Crippen LogP contribution in [0.3, 0.4) is 0 Å². The molecule has 0 amide bonds. The van der Waals surface area contributed by atoms with Gasteiger partial charge in [-0.25, -0.2) is 0 Å². The fourth-order valence-electron chi connectivity index (χ4n) is 4.23. The average Bonchev–Trinajstić information content (AvgIpc) is 3.08. The molecule has 1 N–H and O–H groups in total. The van der Waals surface area contributed by atoms with Crippen LogP contribution < -0.4 is 23.7 Å². The summed E-state index contributed by atoms with van der Waals surface area (Å²) in [5.74, 6) is 3.39. The standard InChI is InChI=1S/C28H33NO6/c1-28(30,19-35-23-8-6-5-7-9-23)22-10-11-24-21(16-22)18-29(12-13-34-24)17-20-14-25(31-2)27(33-4)26(15-20)32-3/h5-11,14-16,30H,12-13,17-19H2,1-4H3/t28-/m1/s1. The van der Waals surface area contributed by atoms with Crippen LogP contribution in [-0.2, 0) is 18.7 Å². The zero-order chi connectivity index (χ0) is 24.8. The first-order valence-corrected chi connectivity index (χ1v) is 11.6. The normalized spacial score (nSPS) is 15.2. The SMILES string of the molecule is COc1cc(CN2CCOc3ccc([C@](C)(O)COc4ccccc4)cc3C2)cc(OC)c1OC. The number of hydrogen-bond acceptors (Lipinski definition) is 7. The second-order valence-corrected chi connectivity index (χ2v) is 8.79. The lowest BCUT2D eigenvalue weighted by Crippen LogP contribution is -2.30. The number of para-hydroxylation sites is 1. The van der Waals surface area contributed by atoms with E-state index in [0.717, 1.165) is 34.7 Å². The molecule has 3 aromatic carbocycles. The molecule has 0 saturated heterocycles. The first kappa shape index (κ1) is 24.7. The van der Waals surface area contributed by atoms with Gasteiger partial charge in [0.05, 0.1) is 21.3 Å². The molecular formula is C28H33NO6. The molecular weight excluding hydrogens is 446 g/mol. The summed E-state index contributed by atoms with van der Waals surface area (Å²) in [5.41, 5.74) is 1.69. The maximum atomic E-state index is 11.2. The lowest BCUT2D eigenvalue weighted by atomic mass is 9.94. The maximum absolute atomic E-state index is 11.2. The minimum Gasteiger partial charge on any atom is -0.493 e. The van der Waals surface area contributed by atoms with E-state index in [9.17, 15) is 5.11 Å². The molecule has 0 aliphatic carbocycles. The van der Waals surface area contributed by atoms with E-state index in [2.05, 4.69) is 4.90 Å². The van der Waals surface area contributed by atoms with E-state index in [1.165, 1.54) is 0 Å². The molecule has 1 heterocycles. The third kappa shape index (κ3) is 5.81. The fraction of sp³-hybridized carbons (Fsp3) is 0.357. The van der Waals surface area contributed by atoms with E-state index in [4.69, 9.17) is 23.7 Å². The third-order valence-electron chi connectivity index (χ3n) is 6.14. The molecule has 1 aliphatic heterocycles. The van der Waals surface area contributed by atoms with E-state index >= 15 is 0 Å². The molecule has 186 valence electrons. The predicted octanol–water partition coefficient (Wildman–Crippen LogP) is 4.39. The van der Waals surface area contributed by atoms with Crippen molar-refractivity contribution in [3.8, 4) is 28.7 Å². The van der Waals surface area contributed by atoms with Gasteiger partial charge in [0.15, 0.2) is 11.5 Å². The summed E-state index contributed by atoms with van der Waals surface area (Å²) in [6.07, 6.45) is 0. The summed E-state index contributed by atoms with van der Waals surface area (Å²) in [6.45, 7) is 4.60. The quantitative estimate of drug-likeness (QED) is 0.488. The van der Waals surface area contributed by atoms with Gasteiger partial charge < -0.3 is 28.8 Å². The molecule has 7 nitrogen and oxygen atoms in total. The highest BCUT2D eigenvalue weighted by Gasteiger charge is 2.27. The predicted molar refractivity (Wildman–Crippen MR) is 134 cm³/mol. The number of fused-ring (bicyclic) bond motifs is 1. The zero-order valence-electron chi connectivity index (χ0n) is 20.7. The molecule has 0 aromatic heterocycles. The summed E-state index contributed by atoms with van der Waals surface area (Å²) in [6, 6.07) is 19.3. The number of methoxy groups -OCH3 is 3. The Morgan fingerprint density at radius 2 is 1.66 bits per heavy atom. The number of benzene rings is 3. The second kappa shape index (κ2) is 10.9. The lowest BCUT2D eigenvalue weighted by Gasteiger charge is -2.26. The molecule has 35 heavy (non-hydrogen) atoms. The summed E-state index contributed by atoms with van der Waals surface area (Å²) in [7, 11) is 4.83. The number of aliphatic hydroxyl groups is 1. The molecule has 3 aromatic rings. The van der Waals surface area contributed by atoms with Crippen molar-refractivity contribution in [2.45, 2.75) is 25.6 Å². The van der Waals surface area contributed by atoms with Gasteiger partial charge in [0.25, 0.3) is 0 Å². The van der Waals surface area contributed by atoms with Crippen molar-refractivity contribution in [2.75, 3.05) is 41.1 Å². The highest BCUT2D eigenvalue weighted by atomic mass is 16.5. The van der Waals surface area contributed by atoms with E-state index in [-0.39, 0.29) is 6.61 Å². The minimum absolute atomic E-state index is 0.145. The van der Waals surface area contributed by atoms with E-state index in [1.54, 1.807) is 28.3 Å². The van der Waals surface area contributed by atoms with Gasteiger partial charge in [0.2, 0.25) is 5.75 Å². The van der Waals surface area contributed by atoms with Crippen LogP contribution in [0.5, 0.6) is 28.7 Å². The van der Waals surface area contributed by atoms with Gasteiger partial charge >= 0.3 is 0 Å².